The first-order valence-corrected chi connectivity index (χ1v) is 7.36. The minimum atomic E-state index is -0.0579. The molecular weight excluding hydrogens is 310 g/mol. The molecule has 0 saturated carbocycles. The molecule has 0 saturated heterocycles. The van der Waals surface area contributed by atoms with Crippen molar-refractivity contribution in [3.05, 3.63) is 64.3 Å². The van der Waals surface area contributed by atoms with Gasteiger partial charge in [-0.1, -0.05) is 19.0 Å². The van der Waals surface area contributed by atoms with E-state index in [0.29, 0.717) is 10.6 Å². The first-order chi connectivity index (χ1) is 11.5. The van der Waals surface area contributed by atoms with Gasteiger partial charge in [-0.15, -0.1) is 0 Å². The van der Waals surface area contributed by atoms with Crippen LogP contribution < -0.4 is 4.74 Å². The molecule has 0 aliphatic rings. The van der Waals surface area contributed by atoms with Gasteiger partial charge in [0.1, 0.15) is 5.75 Å². The number of carbonyl (C=O) groups excluding carboxylic acids is 1. The third kappa shape index (κ3) is 2.84. The summed E-state index contributed by atoms with van der Waals surface area (Å²) in [5.41, 5.74) is 3.51. The molecule has 0 amide bonds. The number of halogens is 1. The Labute approximate surface area is 142 Å². The van der Waals surface area contributed by atoms with Gasteiger partial charge >= 0.3 is 0 Å². The largest absolute Gasteiger partial charge is 0.497 e. The van der Waals surface area contributed by atoms with Crippen LogP contribution in [-0.4, -0.2) is 17.6 Å². The summed E-state index contributed by atoms with van der Waals surface area (Å²) in [6, 6.07) is 12.7. The predicted octanol–water partition coefficient (Wildman–Crippen LogP) is 5.24. The van der Waals surface area contributed by atoms with Crippen LogP contribution in [-0.2, 0) is 0 Å². The summed E-state index contributed by atoms with van der Waals surface area (Å²) in [6.45, 7) is 3.97. The quantitative estimate of drug-likeness (QED) is 0.642. The SMILES string of the molecule is COc1ccc2c(c1)c(C)c(C)n2C(=O)c1ccc(Cl)cc1.[3H]C. The van der Waals surface area contributed by atoms with Crippen molar-refractivity contribution < 1.29 is 10.9 Å². The van der Waals surface area contributed by atoms with Gasteiger partial charge in [-0.05, 0) is 61.9 Å². The van der Waals surface area contributed by atoms with Crippen LogP contribution in [0.2, 0.25) is 5.02 Å². The number of fused-ring (bicyclic) bond motifs is 1. The van der Waals surface area contributed by atoms with E-state index in [1.54, 1.807) is 35.9 Å². The molecule has 3 rings (SSSR count). The minimum absolute atomic E-state index is 0.0579. The molecule has 0 fully saturated rings. The van der Waals surface area contributed by atoms with E-state index in [-0.39, 0.29) is 5.91 Å². The molecule has 0 bridgehead atoms. The van der Waals surface area contributed by atoms with Crippen molar-refractivity contribution in [2.24, 2.45) is 0 Å². The lowest BCUT2D eigenvalue weighted by Gasteiger charge is -2.07. The predicted molar refractivity (Wildman–Crippen MR) is 95.9 cm³/mol. The Morgan fingerprint density at radius 2 is 1.83 bits per heavy atom. The van der Waals surface area contributed by atoms with Crippen LogP contribution in [0.1, 0.15) is 30.4 Å². The van der Waals surface area contributed by atoms with Gasteiger partial charge in [0.25, 0.3) is 5.91 Å². The molecule has 2 aromatic carbocycles. The third-order valence-corrected chi connectivity index (χ3v) is 4.27. The Morgan fingerprint density at radius 3 is 2.43 bits per heavy atom. The molecular formula is C19H20ClNO2. The number of aromatic nitrogens is 1. The Balaban J connectivity index is 0.00000100. The Kier molecular flexibility index (Phi) is 4.39. The first kappa shape index (κ1) is 15.6. The van der Waals surface area contributed by atoms with Crippen LogP contribution in [0, 0.1) is 13.8 Å². The number of ether oxygens (including phenoxy) is 1. The van der Waals surface area contributed by atoms with Crippen LogP contribution in [0.3, 0.4) is 0 Å². The van der Waals surface area contributed by atoms with Crippen molar-refractivity contribution in [1.29, 1.82) is 0 Å². The highest BCUT2D eigenvalue weighted by Crippen LogP contribution is 2.29. The summed E-state index contributed by atoms with van der Waals surface area (Å²) in [4.78, 5) is 12.8. The molecule has 3 nitrogen and oxygen atoms in total. The lowest BCUT2D eigenvalue weighted by atomic mass is 10.1. The molecule has 120 valence electrons. The number of aryl methyl sites for hydroxylation is 1. The summed E-state index contributed by atoms with van der Waals surface area (Å²) in [5, 5.41) is 1.64. The van der Waals surface area contributed by atoms with Crippen molar-refractivity contribution in [1.82, 2.24) is 4.57 Å². The molecule has 0 radical (unpaired) electrons. The molecule has 0 aliphatic heterocycles. The van der Waals surface area contributed by atoms with Crippen LogP contribution in [0.25, 0.3) is 10.9 Å². The van der Waals surface area contributed by atoms with E-state index in [2.05, 4.69) is 0 Å². The van der Waals surface area contributed by atoms with Gasteiger partial charge in [-0.2, -0.15) is 0 Å². The maximum absolute atomic E-state index is 12.8. The van der Waals surface area contributed by atoms with Gasteiger partial charge in [0.05, 0.1) is 12.6 Å². The van der Waals surface area contributed by atoms with Crippen LogP contribution in [0.5, 0.6) is 5.75 Å². The average Bonchev–Trinajstić information content (AvgIpc) is 2.87. The van der Waals surface area contributed by atoms with Crippen LogP contribution >= 0.6 is 11.6 Å². The second-order valence-corrected chi connectivity index (χ2v) is 5.68. The lowest BCUT2D eigenvalue weighted by molar-refractivity contribution is 0.0963. The van der Waals surface area contributed by atoms with Gasteiger partial charge < -0.3 is 4.74 Å². The van der Waals surface area contributed by atoms with E-state index in [4.69, 9.17) is 17.7 Å². The van der Waals surface area contributed by atoms with Crippen molar-refractivity contribution >= 4 is 28.4 Å². The molecule has 0 atom stereocenters. The van der Waals surface area contributed by atoms with Crippen molar-refractivity contribution in [2.45, 2.75) is 21.3 Å². The standard InChI is InChI=1S/C18H16ClNO2.CH4/c1-11-12(2)20(17-9-8-15(22-3)10-16(11)17)18(21)13-4-6-14(19)7-5-13;/h4-10H,1-3H3;1H4/i;1T. The molecule has 0 N–H and O–H groups in total. The van der Waals surface area contributed by atoms with Crippen molar-refractivity contribution in [2.75, 3.05) is 7.11 Å². The highest BCUT2D eigenvalue weighted by Gasteiger charge is 2.18. The molecule has 1 heterocycles. The second kappa shape index (κ2) is 6.47. The topological polar surface area (TPSA) is 31.2 Å². The fraction of sp³-hybridized carbons (Fsp3) is 0.211. The molecule has 0 aliphatic carbocycles. The fourth-order valence-corrected chi connectivity index (χ4v) is 2.79. The summed E-state index contributed by atoms with van der Waals surface area (Å²) in [7, 11) is 2.89. The number of benzene rings is 2. The van der Waals surface area contributed by atoms with E-state index in [0.717, 1.165) is 27.9 Å². The van der Waals surface area contributed by atoms with Gasteiger partial charge in [-0.25, -0.2) is 0 Å². The smallest absolute Gasteiger partial charge is 0.262 e. The molecule has 0 unspecified atom stereocenters. The highest BCUT2D eigenvalue weighted by atomic mass is 35.5. The van der Waals surface area contributed by atoms with Gasteiger partial charge in [0, 0.05) is 23.0 Å². The molecule has 3 aromatic rings. The van der Waals surface area contributed by atoms with Gasteiger partial charge in [0.2, 0.25) is 0 Å². The number of hydrogen-bond acceptors (Lipinski definition) is 2. The van der Waals surface area contributed by atoms with E-state index < -0.39 is 0 Å². The maximum Gasteiger partial charge on any atom is 0.262 e. The first-order valence-electron chi connectivity index (χ1n) is 7.99. The number of rotatable bonds is 2. The Bertz CT molecular complexity index is 869. The van der Waals surface area contributed by atoms with Gasteiger partial charge in [-0.3, -0.25) is 9.36 Å². The molecule has 1 aromatic heterocycles. The zero-order chi connectivity index (χ0) is 17.9. The normalized spacial score (nSPS) is 10.7. The summed E-state index contributed by atoms with van der Waals surface area (Å²) in [6.07, 6.45) is 0. The molecule has 0 spiro atoms. The summed E-state index contributed by atoms with van der Waals surface area (Å²) < 4.78 is 12.8. The lowest BCUT2D eigenvalue weighted by Crippen LogP contribution is -2.13. The zero-order valence-corrected chi connectivity index (χ0v) is 14.4. The van der Waals surface area contributed by atoms with Crippen LogP contribution in [0.4, 0.5) is 0 Å². The zero-order valence-electron chi connectivity index (χ0n) is 14.7. The van der Waals surface area contributed by atoms with E-state index in [9.17, 15) is 4.79 Å². The van der Waals surface area contributed by atoms with Crippen molar-refractivity contribution in [3.8, 4) is 5.75 Å². The fourth-order valence-electron chi connectivity index (χ4n) is 2.66. The van der Waals surface area contributed by atoms with E-state index in [1.165, 1.54) is 7.40 Å². The second-order valence-electron chi connectivity index (χ2n) is 5.24. The Morgan fingerprint density at radius 1 is 1.17 bits per heavy atom. The third-order valence-electron chi connectivity index (χ3n) is 4.02. The monoisotopic (exact) mass is 331 g/mol. The number of carbonyl (C=O) groups is 1. The van der Waals surface area contributed by atoms with Crippen LogP contribution in [0.15, 0.2) is 42.5 Å². The number of nitrogens with zero attached hydrogens (tertiary/aromatic N) is 1. The molecule has 23 heavy (non-hydrogen) atoms. The average molecular weight is 332 g/mol. The maximum atomic E-state index is 12.8. The summed E-state index contributed by atoms with van der Waals surface area (Å²) in [5.74, 6) is 0.726. The van der Waals surface area contributed by atoms with Crippen molar-refractivity contribution in [3.63, 3.8) is 0 Å². The van der Waals surface area contributed by atoms with E-state index in [1.807, 2.05) is 32.0 Å². The number of hydrogen-bond donors (Lipinski definition) is 0. The Hall–Kier alpha value is -2.26. The number of methoxy groups -OCH3 is 1. The van der Waals surface area contributed by atoms with E-state index >= 15 is 0 Å². The summed E-state index contributed by atoms with van der Waals surface area (Å²) >= 11 is 5.89. The molecule has 4 heteroatoms. The minimum Gasteiger partial charge on any atom is -0.497 e. The van der Waals surface area contributed by atoms with Gasteiger partial charge in [0.15, 0.2) is 0 Å². The highest BCUT2D eigenvalue weighted by molar-refractivity contribution is 6.30.